The van der Waals surface area contributed by atoms with E-state index >= 15 is 0 Å². The van der Waals surface area contributed by atoms with Crippen molar-refractivity contribution in [2.45, 2.75) is 6.42 Å². The number of pyridine rings is 1. The van der Waals surface area contributed by atoms with E-state index in [0.29, 0.717) is 6.42 Å². The van der Waals surface area contributed by atoms with Gasteiger partial charge in [0, 0.05) is 19.9 Å². The molecule has 0 unspecified atom stereocenters. The fraction of sp³-hybridized carbons (Fsp3) is 0.214. The van der Waals surface area contributed by atoms with Gasteiger partial charge >= 0.3 is 0 Å². The van der Waals surface area contributed by atoms with E-state index in [1.165, 1.54) is 0 Å². The fourth-order valence-electron chi connectivity index (χ4n) is 1.78. The van der Waals surface area contributed by atoms with Crippen LogP contribution in [-0.4, -0.2) is 23.7 Å². The largest absolute Gasteiger partial charge is 0.396 e. The first-order valence-electron chi connectivity index (χ1n) is 5.67. The van der Waals surface area contributed by atoms with Crippen LogP contribution in [0.4, 0.5) is 5.82 Å². The molecular formula is C14H16N2O. The Hall–Kier alpha value is -1.87. The summed E-state index contributed by atoms with van der Waals surface area (Å²) in [4.78, 5) is 4.19. The van der Waals surface area contributed by atoms with Gasteiger partial charge in [-0.3, -0.25) is 0 Å². The molecule has 0 aliphatic heterocycles. The van der Waals surface area contributed by atoms with Gasteiger partial charge in [0.15, 0.2) is 0 Å². The predicted octanol–water partition coefficient (Wildman–Crippen LogP) is 2.33. The minimum absolute atomic E-state index is 0.182. The normalized spacial score (nSPS) is 10.2. The van der Waals surface area contributed by atoms with E-state index < -0.39 is 0 Å². The maximum absolute atomic E-state index is 8.94. The minimum atomic E-state index is 0.182. The number of anilines is 1. The van der Waals surface area contributed by atoms with Gasteiger partial charge in [-0.05, 0) is 35.2 Å². The highest BCUT2D eigenvalue weighted by Gasteiger charge is 2.00. The third-order valence-electron chi connectivity index (χ3n) is 2.68. The average Bonchev–Trinajstić information content (AvgIpc) is 2.40. The number of aromatic nitrogens is 1. The fourth-order valence-corrected chi connectivity index (χ4v) is 1.78. The second-order valence-electron chi connectivity index (χ2n) is 3.85. The van der Waals surface area contributed by atoms with Gasteiger partial charge in [-0.15, -0.1) is 0 Å². The molecule has 0 spiro atoms. The van der Waals surface area contributed by atoms with Crippen molar-refractivity contribution >= 4 is 5.82 Å². The van der Waals surface area contributed by atoms with Crippen LogP contribution in [0.15, 0.2) is 42.6 Å². The van der Waals surface area contributed by atoms with Gasteiger partial charge in [0.1, 0.15) is 5.82 Å². The van der Waals surface area contributed by atoms with Crippen LogP contribution in [0, 0.1) is 0 Å². The van der Waals surface area contributed by atoms with E-state index in [2.05, 4.69) is 22.4 Å². The Morgan fingerprint density at radius 1 is 1.18 bits per heavy atom. The summed E-state index contributed by atoms with van der Waals surface area (Å²) in [6, 6.07) is 12.2. The van der Waals surface area contributed by atoms with E-state index in [1.54, 1.807) is 6.20 Å². The molecule has 0 fully saturated rings. The van der Waals surface area contributed by atoms with Crippen molar-refractivity contribution < 1.29 is 5.11 Å². The van der Waals surface area contributed by atoms with Gasteiger partial charge in [-0.1, -0.05) is 24.3 Å². The first-order valence-corrected chi connectivity index (χ1v) is 5.67. The van der Waals surface area contributed by atoms with Crippen LogP contribution < -0.4 is 5.32 Å². The molecule has 1 aromatic carbocycles. The molecule has 0 atom stereocenters. The summed E-state index contributed by atoms with van der Waals surface area (Å²) in [5, 5.41) is 12.0. The molecule has 0 amide bonds. The van der Waals surface area contributed by atoms with Crippen LogP contribution in [0.5, 0.6) is 0 Å². The predicted molar refractivity (Wildman–Crippen MR) is 70.0 cm³/mol. The molecule has 0 aliphatic carbocycles. The molecule has 3 heteroatoms. The van der Waals surface area contributed by atoms with Crippen LogP contribution in [0.25, 0.3) is 11.1 Å². The van der Waals surface area contributed by atoms with Crippen molar-refractivity contribution in [2.75, 3.05) is 19.0 Å². The smallest absolute Gasteiger partial charge is 0.126 e. The summed E-state index contributed by atoms with van der Waals surface area (Å²) in [5.74, 6) is 0.857. The lowest BCUT2D eigenvalue weighted by molar-refractivity contribution is 0.299. The molecule has 0 bridgehead atoms. The van der Waals surface area contributed by atoms with Crippen molar-refractivity contribution in [3.63, 3.8) is 0 Å². The van der Waals surface area contributed by atoms with E-state index in [1.807, 2.05) is 31.3 Å². The lowest BCUT2D eigenvalue weighted by atomic mass is 10.0. The standard InChI is InChI=1S/C14H16N2O/c1-15-14-10-13(5-7-16-14)12-4-2-3-11(9-12)6-8-17/h2-5,7,9-10,17H,6,8H2,1H3,(H,15,16). The van der Waals surface area contributed by atoms with E-state index in [-0.39, 0.29) is 6.61 Å². The number of nitrogens with one attached hydrogen (secondary N) is 1. The molecule has 0 saturated heterocycles. The Bertz CT molecular complexity index is 497. The maximum atomic E-state index is 8.94. The third-order valence-corrected chi connectivity index (χ3v) is 2.68. The Morgan fingerprint density at radius 2 is 2.00 bits per heavy atom. The van der Waals surface area contributed by atoms with E-state index in [9.17, 15) is 0 Å². The van der Waals surface area contributed by atoms with E-state index in [0.717, 1.165) is 22.5 Å². The van der Waals surface area contributed by atoms with Crippen LogP contribution in [0.2, 0.25) is 0 Å². The van der Waals surface area contributed by atoms with Crippen LogP contribution >= 0.6 is 0 Å². The van der Waals surface area contributed by atoms with Gasteiger partial charge < -0.3 is 10.4 Å². The molecule has 2 N–H and O–H groups in total. The number of rotatable bonds is 4. The zero-order valence-corrected chi connectivity index (χ0v) is 9.85. The van der Waals surface area contributed by atoms with Crippen molar-refractivity contribution in [3.8, 4) is 11.1 Å². The molecule has 1 heterocycles. The van der Waals surface area contributed by atoms with Crippen LogP contribution in [0.3, 0.4) is 0 Å². The second-order valence-corrected chi connectivity index (χ2v) is 3.85. The minimum Gasteiger partial charge on any atom is -0.396 e. The Kier molecular flexibility index (Phi) is 3.73. The zero-order valence-electron chi connectivity index (χ0n) is 9.85. The molecule has 1 aromatic heterocycles. The Morgan fingerprint density at radius 3 is 2.76 bits per heavy atom. The van der Waals surface area contributed by atoms with Crippen molar-refractivity contribution in [2.24, 2.45) is 0 Å². The number of hydrogen-bond acceptors (Lipinski definition) is 3. The molecule has 0 aliphatic rings. The number of aliphatic hydroxyl groups is 1. The summed E-state index contributed by atoms with van der Waals surface area (Å²) in [5.41, 5.74) is 3.42. The van der Waals surface area contributed by atoms with Crippen molar-refractivity contribution in [1.29, 1.82) is 0 Å². The molecule has 88 valence electrons. The summed E-state index contributed by atoms with van der Waals surface area (Å²) < 4.78 is 0. The van der Waals surface area contributed by atoms with Gasteiger partial charge in [0.05, 0.1) is 0 Å². The number of nitrogens with zero attached hydrogens (tertiary/aromatic N) is 1. The second kappa shape index (κ2) is 5.46. The third kappa shape index (κ3) is 2.82. The lowest BCUT2D eigenvalue weighted by Crippen LogP contribution is -1.93. The molecule has 17 heavy (non-hydrogen) atoms. The summed E-state index contributed by atoms with van der Waals surface area (Å²) >= 11 is 0. The first-order chi connectivity index (χ1) is 8.33. The van der Waals surface area contributed by atoms with Crippen molar-refractivity contribution in [1.82, 2.24) is 4.98 Å². The van der Waals surface area contributed by atoms with E-state index in [4.69, 9.17) is 5.11 Å². The van der Waals surface area contributed by atoms with Gasteiger partial charge in [-0.25, -0.2) is 4.98 Å². The zero-order chi connectivity index (χ0) is 12.1. The average molecular weight is 228 g/mol. The van der Waals surface area contributed by atoms with Crippen LogP contribution in [-0.2, 0) is 6.42 Å². The quantitative estimate of drug-likeness (QED) is 0.844. The molecule has 3 nitrogen and oxygen atoms in total. The number of aliphatic hydroxyl groups excluding tert-OH is 1. The van der Waals surface area contributed by atoms with Gasteiger partial charge in [0.2, 0.25) is 0 Å². The molecular weight excluding hydrogens is 212 g/mol. The molecule has 0 radical (unpaired) electrons. The summed E-state index contributed by atoms with van der Waals surface area (Å²) in [6.45, 7) is 0.182. The lowest BCUT2D eigenvalue weighted by Gasteiger charge is -2.06. The first kappa shape index (κ1) is 11.6. The Balaban J connectivity index is 2.34. The van der Waals surface area contributed by atoms with Gasteiger partial charge in [-0.2, -0.15) is 0 Å². The van der Waals surface area contributed by atoms with Crippen molar-refractivity contribution in [3.05, 3.63) is 48.2 Å². The highest BCUT2D eigenvalue weighted by atomic mass is 16.2. The highest BCUT2D eigenvalue weighted by molar-refractivity contribution is 5.66. The SMILES string of the molecule is CNc1cc(-c2cccc(CCO)c2)ccn1. The maximum Gasteiger partial charge on any atom is 0.126 e. The van der Waals surface area contributed by atoms with Crippen LogP contribution in [0.1, 0.15) is 5.56 Å². The molecule has 0 saturated carbocycles. The topological polar surface area (TPSA) is 45.1 Å². The number of benzene rings is 1. The van der Waals surface area contributed by atoms with Gasteiger partial charge in [0.25, 0.3) is 0 Å². The highest BCUT2D eigenvalue weighted by Crippen LogP contribution is 2.22. The Labute approximate surface area is 101 Å². The number of hydrogen-bond donors (Lipinski definition) is 2. The molecule has 2 aromatic rings. The summed E-state index contributed by atoms with van der Waals surface area (Å²) in [6.07, 6.45) is 2.48. The summed E-state index contributed by atoms with van der Waals surface area (Å²) in [7, 11) is 1.86. The molecule has 2 rings (SSSR count). The monoisotopic (exact) mass is 228 g/mol.